The third-order valence-corrected chi connectivity index (χ3v) is 3.73. The highest BCUT2D eigenvalue weighted by Gasteiger charge is 2.17. The van der Waals surface area contributed by atoms with E-state index in [0.29, 0.717) is 23.8 Å². The van der Waals surface area contributed by atoms with Gasteiger partial charge in [0.15, 0.2) is 5.15 Å². The monoisotopic (exact) mass is 310 g/mol. The van der Waals surface area contributed by atoms with Crippen LogP contribution in [0.15, 0.2) is 0 Å². The number of aryl methyl sites for hydroxylation is 3. The molecular weight excluding hydrogens is 292 g/mol. The summed E-state index contributed by atoms with van der Waals surface area (Å²) in [5.41, 5.74) is 2.42. The molecule has 1 atom stereocenters. The van der Waals surface area contributed by atoms with E-state index in [-0.39, 0.29) is 0 Å². The van der Waals surface area contributed by atoms with Crippen molar-refractivity contribution in [1.29, 1.82) is 0 Å². The summed E-state index contributed by atoms with van der Waals surface area (Å²) >= 11 is 6.23. The van der Waals surface area contributed by atoms with E-state index >= 15 is 0 Å². The molecule has 0 saturated carbocycles. The Morgan fingerprint density at radius 2 is 2.10 bits per heavy atom. The first-order chi connectivity index (χ1) is 9.93. The summed E-state index contributed by atoms with van der Waals surface area (Å²) in [6.45, 7) is 3.76. The fourth-order valence-electron chi connectivity index (χ4n) is 2.22. The van der Waals surface area contributed by atoms with E-state index in [0.717, 1.165) is 29.6 Å². The number of carbonyl (C=O) groups is 1. The highest BCUT2D eigenvalue weighted by Crippen LogP contribution is 2.24. The number of fused-ring (bicyclic) bond motifs is 1. The van der Waals surface area contributed by atoms with Gasteiger partial charge >= 0.3 is 5.97 Å². The highest BCUT2D eigenvalue weighted by molar-refractivity contribution is 6.33. The van der Waals surface area contributed by atoms with Gasteiger partial charge in [0.2, 0.25) is 0 Å². The number of hydrogen-bond donors (Lipinski definition) is 1. The molecule has 0 aliphatic heterocycles. The summed E-state index contributed by atoms with van der Waals surface area (Å²) in [7, 11) is 1.82. The fourth-order valence-corrected chi connectivity index (χ4v) is 2.53. The van der Waals surface area contributed by atoms with Gasteiger partial charge in [-0.25, -0.2) is 9.97 Å². The lowest BCUT2D eigenvalue weighted by molar-refractivity contribution is -0.141. The van der Waals surface area contributed by atoms with E-state index in [1.54, 1.807) is 11.6 Å². The maximum absolute atomic E-state index is 10.9. The molecule has 21 heavy (non-hydrogen) atoms. The number of rotatable bonds is 6. The van der Waals surface area contributed by atoms with Gasteiger partial charge in [0.05, 0.1) is 11.6 Å². The minimum atomic E-state index is -0.810. The van der Waals surface area contributed by atoms with Crippen LogP contribution >= 0.6 is 11.6 Å². The molecule has 2 aromatic rings. The largest absolute Gasteiger partial charge is 0.481 e. The van der Waals surface area contributed by atoms with Gasteiger partial charge in [0.25, 0.3) is 0 Å². The summed E-state index contributed by atoms with van der Waals surface area (Å²) in [5.74, 6) is -0.659. The smallest absolute Gasteiger partial charge is 0.306 e. The van der Waals surface area contributed by atoms with Gasteiger partial charge in [0, 0.05) is 13.5 Å². The van der Waals surface area contributed by atoms with Crippen molar-refractivity contribution in [1.82, 2.24) is 19.7 Å². The van der Waals surface area contributed by atoms with E-state index in [1.807, 2.05) is 7.05 Å². The number of nitrogens with zero attached hydrogens (tertiary/aromatic N) is 4. The topological polar surface area (TPSA) is 80.9 Å². The molecule has 0 amide bonds. The summed E-state index contributed by atoms with van der Waals surface area (Å²) in [6.07, 6.45) is 2.78. The second-order valence-corrected chi connectivity index (χ2v) is 5.58. The number of carboxylic acids is 1. The molecule has 0 radical (unpaired) electrons. The van der Waals surface area contributed by atoms with Crippen molar-refractivity contribution < 1.29 is 9.90 Å². The zero-order chi connectivity index (χ0) is 15.6. The van der Waals surface area contributed by atoms with Gasteiger partial charge in [-0.05, 0) is 12.8 Å². The van der Waals surface area contributed by atoms with Crippen molar-refractivity contribution in [3.8, 4) is 0 Å². The molecule has 0 bridgehead atoms. The van der Waals surface area contributed by atoms with Crippen LogP contribution in [0.4, 0.5) is 0 Å². The van der Waals surface area contributed by atoms with E-state index in [1.165, 1.54) is 0 Å². The standard InChI is InChI=1S/C14H19ClN4O2/c1-4-5-9-11-12(19(3)18-9)13(15)17-10(16-11)7-6-8(2)14(20)21/h8H,4-7H2,1-3H3,(H,20,21). The van der Waals surface area contributed by atoms with Crippen LogP contribution in [0.3, 0.4) is 0 Å². The summed E-state index contributed by atoms with van der Waals surface area (Å²) in [5, 5.41) is 13.7. The van der Waals surface area contributed by atoms with Gasteiger partial charge in [-0.15, -0.1) is 0 Å². The van der Waals surface area contributed by atoms with Crippen LogP contribution in [0.25, 0.3) is 11.0 Å². The minimum absolute atomic E-state index is 0.371. The Kier molecular flexibility index (Phi) is 4.77. The van der Waals surface area contributed by atoms with Gasteiger partial charge in [-0.2, -0.15) is 5.10 Å². The number of aliphatic carboxylic acids is 1. The Morgan fingerprint density at radius 3 is 2.71 bits per heavy atom. The van der Waals surface area contributed by atoms with Crippen molar-refractivity contribution in [3.05, 3.63) is 16.7 Å². The van der Waals surface area contributed by atoms with E-state index in [2.05, 4.69) is 22.0 Å². The van der Waals surface area contributed by atoms with Crippen molar-refractivity contribution in [2.24, 2.45) is 13.0 Å². The molecule has 6 nitrogen and oxygen atoms in total. The Bertz CT molecular complexity index is 669. The van der Waals surface area contributed by atoms with Crippen molar-refractivity contribution in [2.45, 2.75) is 39.5 Å². The zero-order valence-corrected chi connectivity index (χ0v) is 13.2. The number of hydrogen-bond acceptors (Lipinski definition) is 4. The minimum Gasteiger partial charge on any atom is -0.481 e. The molecule has 0 aliphatic carbocycles. The third-order valence-electron chi connectivity index (χ3n) is 3.46. The molecule has 2 aromatic heterocycles. The van der Waals surface area contributed by atoms with Crippen LogP contribution < -0.4 is 0 Å². The first-order valence-electron chi connectivity index (χ1n) is 7.04. The zero-order valence-electron chi connectivity index (χ0n) is 12.4. The van der Waals surface area contributed by atoms with Crippen molar-refractivity contribution in [2.75, 3.05) is 0 Å². The van der Waals surface area contributed by atoms with Gasteiger partial charge in [-0.1, -0.05) is 31.9 Å². The molecule has 2 heterocycles. The van der Waals surface area contributed by atoms with E-state index in [4.69, 9.17) is 16.7 Å². The molecule has 0 fully saturated rings. The maximum Gasteiger partial charge on any atom is 0.306 e. The van der Waals surface area contributed by atoms with Crippen LogP contribution in [0.2, 0.25) is 5.15 Å². The summed E-state index contributed by atoms with van der Waals surface area (Å²) in [6, 6.07) is 0. The number of carboxylic acid groups (broad SMARTS) is 1. The molecule has 7 heteroatoms. The average molecular weight is 311 g/mol. The molecule has 1 N–H and O–H groups in total. The highest BCUT2D eigenvalue weighted by atomic mass is 35.5. The Labute approximate surface area is 128 Å². The molecule has 0 saturated heterocycles. The maximum atomic E-state index is 10.9. The van der Waals surface area contributed by atoms with Crippen LogP contribution in [0.1, 0.15) is 38.2 Å². The average Bonchev–Trinajstić information content (AvgIpc) is 2.73. The molecule has 114 valence electrons. The van der Waals surface area contributed by atoms with Crippen LogP contribution in [-0.4, -0.2) is 30.8 Å². The molecule has 0 aliphatic rings. The molecular formula is C14H19ClN4O2. The lowest BCUT2D eigenvalue weighted by atomic mass is 10.1. The Hall–Kier alpha value is -1.69. The van der Waals surface area contributed by atoms with Crippen LogP contribution in [-0.2, 0) is 24.7 Å². The Morgan fingerprint density at radius 1 is 1.38 bits per heavy atom. The first kappa shape index (κ1) is 15.7. The van der Waals surface area contributed by atoms with Gasteiger partial charge < -0.3 is 5.11 Å². The lowest BCUT2D eigenvalue weighted by Crippen LogP contribution is -2.11. The summed E-state index contributed by atoms with van der Waals surface area (Å²) < 4.78 is 1.70. The normalized spacial score (nSPS) is 12.8. The predicted octanol–water partition coefficient (Wildman–Crippen LogP) is 2.62. The second kappa shape index (κ2) is 6.39. The molecule has 0 spiro atoms. The fraction of sp³-hybridized carbons (Fsp3) is 0.571. The van der Waals surface area contributed by atoms with Crippen molar-refractivity contribution in [3.63, 3.8) is 0 Å². The van der Waals surface area contributed by atoms with Crippen LogP contribution in [0.5, 0.6) is 0 Å². The SMILES string of the molecule is CCCc1nn(C)c2c(Cl)nc(CCC(C)C(=O)O)nc12. The first-order valence-corrected chi connectivity index (χ1v) is 7.42. The third kappa shape index (κ3) is 3.32. The predicted molar refractivity (Wildman–Crippen MR) is 80.4 cm³/mol. The van der Waals surface area contributed by atoms with Gasteiger partial charge in [0.1, 0.15) is 16.9 Å². The quantitative estimate of drug-likeness (QED) is 0.829. The van der Waals surface area contributed by atoms with Crippen LogP contribution in [0, 0.1) is 5.92 Å². The van der Waals surface area contributed by atoms with E-state index in [9.17, 15) is 4.79 Å². The summed E-state index contributed by atoms with van der Waals surface area (Å²) in [4.78, 5) is 19.7. The van der Waals surface area contributed by atoms with E-state index < -0.39 is 11.9 Å². The molecule has 1 unspecified atom stereocenters. The molecule has 2 rings (SSSR count). The number of aromatic nitrogens is 4. The second-order valence-electron chi connectivity index (χ2n) is 5.23. The molecule has 0 aromatic carbocycles. The Balaban J connectivity index is 2.34. The van der Waals surface area contributed by atoms with Crippen molar-refractivity contribution >= 4 is 28.6 Å². The van der Waals surface area contributed by atoms with Gasteiger partial charge in [-0.3, -0.25) is 9.48 Å². The lowest BCUT2D eigenvalue weighted by Gasteiger charge is -2.06. The number of halogens is 1.